The molecule has 31 heavy (non-hydrogen) atoms. The lowest BCUT2D eigenvalue weighted by Gasteiger charge is -2.24. The summed E-state index contributed by atoms with van der Waals surface area (Å²) >= 11 is 0. The van der Waals surface area contributed by atoms with Crippen molar-refractivity contribution >= 4 is 11.7 Å². The fourth-order valence-corrected chi connectivity index (χ4v) is 4.16. The Morgan fingerprint density at radius 1 is 1.19 bits per heavy atom. The first-order valence-electron chi connectivity index (χ1n) is 11.0. The van der Waals surface area contributed by atoms with Crippen molar-refractivity contribution in [3.8, 4) is 5.75 Å². The molecular formula is C23H31N5O3. The quantitative estimate of drug-likeness (QED) is 0.664. The van der Waals surface area contributed by atoms with E-state index in [1.54, 1.807) is 12.1 Å². The molecule has 8 heteroatoms. The van der Waals surface area contributed by atoms with Crippen molar-refractivity contribution < 1.29 is 14.6 Å². The first kappa shape index (κ1) is 21.5. The fraction of sp³-hybridized carbons (Fsp3) is 0.522. The highest BCUT2D eigenvalue weighted by Crippen LogP contribution is 2.25. The van der Waals surface area contributed by atoms with Crippen LogP contribution >= 0.6 is 0 Å². The van der Waals surface area contributed by atoms with E-state index in [2.05, 4.69) is 20.2 Å². The van der Waals surface area contributed by atoms with Gasteiger partial charge < -0.3 is 20.1 Å². The number of rotatable bonds is 8. The van der Waals surface area contributed by atoms with Crippen molar-refractivity contribution in [2.75, 3.05) is 50.8 Å². The van der Waals surface area contributed by atoms with Crippen LogP contribution in [0.3, 0.4) is 0 Å². The second-order valence-corrected chi connectivity index (χ2v) is 8.52. The van der Waals surface area contributed by atoms with Crippen LogP contribution in [0.5, 0.6) is 5.75 Å². The van der Waals surface area contributed by atoms with Gasteiger partial charge in [-0.15, -0.1) is 0 Å². The topological polar surface area (TPSA) is 90.8 Å². The maximum absolute atomic E-state index is 12.5. The van der Waals surface area contributed by atoms with Gasteiger partial charge in [0.15, 0.2) is 0 Å². The SMILES string of the molecule is Cc1cc(N2CCC(O)(CNC(=O)c3ccc(OCCN4CCCC4)cc3)C2)ncn1. The number of amides is 1. The summed E-state index contributed by atoms with van der Waals surface area (Å²) in [5.41, 5.74) is 0.460. The van der Waals surface area contributed by atoms with Gasteiger partial charge in [0.05, 0.1) is 0 Å². The van der Waals surface area contributed by atoms with E-state index in [-0.39, 0.29) is 12.5 Å². The lowest BCUT2D eigenvalue weighted by Crippen LogP contribution is -2.45. The molecule has 2 N–H and O–H groups in total. The van der Waals surface area contributed by atoms with Gasteiger partial charge in [0.2, 0.25) is 0 Å². The van der Waals surface area contributed by atoms with E-state index in [4.69, 9.17) is 4.74 Å². The van der Waals surface area contributed by atoms with Gasteiger partial charge in [0, 0.05) is 43.5 Å². The molecule has 0 bridgehead atoms. The number of aromatic nitrogens is 2. The summed E-state index contributed by atoms with van der Waals surface area (Å²) in [7, 11) is 0. The van der Waals surface area contributed by atoms with E-state index in [0.29, 0.717) is 31.7 Å². The average Bonchev–Trinajstić information content (AvgIpc) is 3.43. The number of likely N-dealkylation sites (tertiary alicyclic amines) is 1. The Morgan fingerprint density at radius 2 is 1.97 bits per heavy atom. The van der Waals surface area contributed by atoms with E-state index in [1.807, 2.05) is 30.0 Å². The minimum atomic E-state index is -0.979. The highest BCUT2D eigenvalue weighted by Gasteiger charge is 2.37. The third kappa shape index (κ3) is 5.71. The number of hydrogen-bond donors (Lipinski definition) is 2. The van der Waals surface area contributed by atoms with Crippen LogP contribution in [-0.4, -0.2) is 77.4 Å². The molecule has 1 amide bonds. The van der Waals surface area contributed by atoms with Crippen LogP contribution in [0, 0.1) is 6.92 Å². The Hall–Kier alpha value is -2.71. The molecule has 0 aliphatic carbocycles. The van der Waals surface area contributed by atoms with E-state index in [9.17, 15) is 9.90 Å². The Labute approximate surface area is 183 Å². The molecule has 166 valence electrons. The predicted molar refractivity (Wildman–Crippen MR) is 118 cm³/mol. The van der Waals surface area contributed by atoms with Crippen LogP contribution in [0.25, 0.3) is 0 Å². The number of ether oxygens (including phenoxy) is 1. The minimum absolute atomic E-state index is 0.195. The van der Waals surface area contributed by atoms with Crippen molar-refractivity contribution in [1.29, 1.82) is 0 Å². The third-order valence-corrected chi connectivity index (χ3v) is 6.02. The Kier molecular flexibility index (Phi) is 6.67. The molecule has 1 aromatic heterocycles. The molecule has 2 aromatic rings. The van der Waals surface area contributed by atoms with Gasteiger partial charge in [0.1, 0.15) is 30.1 Å². The smallest absolute Gasteiger partial charge is 0.251 e. The number of carbonyl (C=O) groups is 1. The lowest BCUT2D eigenvalue weighted by molar-refractivity contribution is 0.0575. The van der Waals surface area contributed by atoms with E-state index >= 15 is 0 Å². The maximum atomic E-state index is 12.5. The summed E-state index contributed by atoms with van der Waals surface area (Å²) in [6, 6.07) is 9.06. The van der Waals surface area contributed by atoms with E-state index < -0.39 is 5.60 Å². The highest BCUT2D eigenvalue weighted by atomic mass is 16.5. The molecule has 3 heterocycles. The number of benzene rings is 1. The highest BCUT2D eigenvalue weighted by molar-refractivity contribution is 5.94. The summed E-state index contributed by atoms with van der Waals surface area (Å²) in [6.07, 6.45) is 4.65. The number of aliphatic hydroxyl groups is 1. The van der Waals surface area contributed by atoms with Crippen LogP contribution in [0.4, 0.5) is 5.82 Å². The monoisotopic (exact) mass is 425 g/mol. The molecule has 2 aliphatic rings. The van der Waals surface area contributed by atoms with Crippen LogP contribution < -0.4 is 15.0 Å². The maximum Gasteiger partial charge on any atom is 0.251 e. The summed E-state index contributed by atoms with van der Waals surface area (Å²) in [5.74, 6) is 1.37. The summed E-state index contributed by atoms with van der Waals surface area (Å²) in [5, 5.41) is 13.8. The zero-order valence-electron chi connectivity index (χ0n) is 18.1. The Bertz CT molecular complexity index is 885. The number of nitrogens with one attached hydrogen (secondary N) is 1. The molecule has 2 aliphatic heterocycles. The molecule has 1 atom stereocenters. The number of aryl methyl sites for hydroxylation is 1. The third-order valence-electron chi connectivity index (χ3n) is 6.02. The second-order valence-electron chi connectivity index (χ2n) is 8.52. The van der Waals surface area contributed by atoms with Crippen LogP contribution in [0.2, 0.25) is 0 Å². The average molecular weight is 426 g/mol. The van der Waals surface area contributed by atoms with Crippen LogP contribution in [0.15, 0.2) is 36.7 Å². The van der Waals surface area contributed by atoms with Crippen LogP contribution in [-0.2, 0) is 0 Å². The van der Waals surface area contributed by atoms with Gasteiger partial charge in [-0.1, -0.05) is 0 Å². The number of carbonyl (C=O) groups excluding carboxylic acids is 1. The molecule has 2 saturated heterocycles. The van der Waals surface area contributed by atoms with Crippen molar-refractivity contribution in [3.63, 3.8) is 0 Å². The first-order valence-corrected chi connectivity index (χ1v) is 11.0. The number of nitrogens with zero attached hydrogens (tertiary/aromatic N) is 4. The molecule has 2 fully saturated rings. The molecule has 0 radical (unpaired) electrons. The van der Waals surface area contributed by atoms with Crippen molar-refractivity contribution in [1.82, 2.24) is 20.2 Å². The zero-order chi connectivity index (χ0) is 21.7. The molecule has 0 saturated carbocycles. The van der Waals surface area contributed by atoms with E-state index in [1.165, 1.54) is 19.2 Å². The predicted octanol–water partition coefficient (Wildman–Crippen LogP) is 1.63. The molecule has 1 aromatic carbocycles. The summed E-state index contributed by atoms with van der Waals surface area (Å²) < 4.78 is 5.79. The largest absolute Gasteiger partial charge is 0.492 e. The Morgan fingerprint density at radius 3 is 2.71 bits per heavy atom. The van der Waals surface area contributed by atoms with Crippen molar-refractivity contribution in [3.05, 3.63) is 47.9 Å². The molecule has 0 spiro atoms. The van der Waals surface area contributed by atoms with Gasteiger partial charge >= 0.3 is 0 Å². The first-order chi connectivity index (χ1) is 15.0. The van der Waals surface area contributed by atoms with Crippen LogP contribution in [0.1, 0.15) is 35.3 Å². The van der Waals surface area contributed by atoms with Gasteiger partial charge in [-0.25, -0.2) is 9.97 Å². The van der Waals surface area contributed by atoms with Crippen molar-refractivity contribution in [2.24, 2.45) is 0 Å². The molecule has 8 nitrogen and oxygen atoms in total. The van der Waals surface area contributed by atoms with E-state index in [0.717, 1.165) is 36.9 Å². The van der Waals surface area contributed by atoms with Gasteiger partial charge in [-0.05, 0) is 63.5 Å². The standard InChI is InChI=1S/C23H31N5O3/c1-18-14-21(26-17-25-18)28-11-8-23(30,16-28)15-24-22(29)19-4-6-20(7-5-19)31-13-12-27-9-2-3-10-27/h4-7,14,17,30H,2-3,8-13,15-16H2,1H3,(H,24,29). The lowest BCUT2D eigenvalue weighted by atomic mass is 10.0. The summed E-state index contributed by atoms with van der Waals surface area (Å²) in [4.78, 5) is 25.4. The number of anilines is 1. The molecule has 4 rings (SSSR count). The normalized spacial score (nSPS) is 21.4. The van der Waals surface area contributed by atoms with Gasteiger partial charge in [-0.2, -0.15) is 0 Å². The second kappa shape index (κ2) is 9.62. The number of β-amino-alcohol motifs (C(OH)–C–C–N with tert-alkyl or cyclic N) is 1. The molecular weight excluding hydrogens is 394 g/mol. The Balaban J connectivity index is 1.23. The van der Waals surface area contributed by atoms with Gasteiger partial charge in [-0.3, -0.25) is 9.69 Å². The van der Waals surface area contributed by atoms with Gasteiger partial charge in [0.25, 0.3) is 5.91 Å². The minimum Gasteiger partial charge on any atom is -0.492 e. The fourth-order valence-electron chi connectivity index (χ4n) is 4.16. The zero-order valence-corrected chi connectivity index (χ0v) is 18.1. The molecule has 1 unspecified atom stereocenters. The number of hydrogen-bond acceptors (Lipinski definition) is 7. The van der Waals surface area contributed by atoms with Crippen molar-refractivity contribution in [2.45, 2.75) is 31.8 Å². The summed E-state index contributed by atoms with van der Waals surface area (Å²) in [6.45, 7) is 7.13.